The van der Waals surface area contributed by atoms with Gasteiger partial charge in [0.2, 0.25) is 0 Å². The van der Waals surface area contributed by atoms with Crippen molar-refractivity contribution in [3.8, 4) is 11.3 Å². The fraction of sp³-hybridized carbons (Fsp3) is 0.125. The molecule has 1 amide bonds. The maximum Gasteiger partial charge on any atom is 0.490 e. The van der Waals surface area contributed by atoms with E-state index in [1.54, 1.807) is 29.7 Å². The zero-order valence-electron chi connectivity index (χ0n) is 18.9. The van der Waals surface area contributed by atoms with E-state index in [1.165, 1.54) is 0 Å². The molecule has 0 saturated heterocycles. The highest BCUT2D eigenvalue weighted by Gasteiger charge is 2.38. The number of fused-ring (bicyclic) bond motifs is 3. The quantitative estimate of drug-likeness (QED) is 0.264. The number of aliphatic carboxylic acids is 1. The number of nitrogen functional groups attached to an aromatic ring is 1. The number of hydrogen-bond donors (Lipinski definition) is 4. The molecule has 0 aliphatic carbocycles. The number of benzene rings is 2. The lowest BCUT2D eigenvalue weighted by Gasteiger charge is -2.03. The summed E-state index contributed by atoms with van der Waals surface area (Å²) in [6, 6.07) is 17.2. The van der Waals surface area contributed by atoms with E-state index in [2.05, 4.69) is 25.5 Å². The molecule has 0 aliphatic heterocycles. The molecule has 0 atom stereocenters. The van der Waals surface area contributed by atoms with E-state index in [1.807, 2.05) is 42.5 Å². The highest BCUT2D eigenvalue weighted by Crippen LogP contribution is 2.34. The van der Waals surface area contributed by atoms with Crippen LogP contribution in [-0.2, 0) is 11.2 Å². The molecule has 5 N–H and O–H groups in total. The normalized spacial score (nSPS) is 11.2. The Morgan fingerprint density at radius 3 is 2.46 bits per heavy atom. The standard InChI is InChI=1S/C22H18N6OS.C2HF3O2/c23-21-19-20(15-7-6-14(12-17(15)26-21)16-8-11-25-28-16)30-18(27-19)9-10-24-22(29)13-4-2-1-3-5-13;3-2(4,5)1(6)7/h1-8,11-12H,9-10H2,(H2,23,26)(H,24,29)(H,25,28);(H,6,7). The summed E-state index contributed by atoms with van der Waals surface area (Å²) in [6.45, 7) is 0.503. The van der Waals surface area contributed by atoms with E-state index in [-0.39, 0.29) is 5.91 Å². The van der Waals surface area contributed by atoms with E-state index < -0.39 is 12.1 Å². The number of nitrogens with zero attached hydrogens (tertiary/aromatic N) is 3. The zero-order valence-corrected chi connectivity index (χ0v) is 19.7. The highest BCUT2D eigenvalue weighted by atomic mass is 32.1. The lowest BCUT2D eigenvalue weighted by molar-refractivity contribution is -0.192. The van der Waals surface area contributed by atoms with Crippen LogP contribution in [0.3, 0.4) is 0 Å². The Morgan fingerprint density at radius 1 is 1.08 bits per heavy atom. The number of halogens is 3. The van der Waals surface area contributed by atoms with Crippen molar-refractivity contribution in [3.05, 3.63) is 71.4 Å². The molecule has 0 fully saturated rings. The van der Waals surface area contributed by atoms with Gasteiger partial charge in [0.1, 0.15) is 5.52 Å². The van der Waals surface area contributed by atoms with Crippen molar-refractivity contribution in [2.75, 3.05) is 12.3 Å². The number of alkyl halides is 3. The molecule has 37 heavy (non-hydrogen) atoms. The molecule has 0 bridgehead atoms. The highest BCUT2D eigenvalue weighted by molar-refractivity contribution is 7.19. The van der Waals surface area contributed by atoms with Gasteiger partial charge >= 0.3 is 12.1 Å². The first-order valence-electron chi connectivity index (χ1n) is 10.7. The summed E-state index contributed by atoms with van der Waals surface area (Å²) in [5.41, 5.74) is 10.3. The number of aromatic amines is 1. The number of thiazole rings is 1. The number of carbonyl (C=O) groups is 2. The van der Waals surface area contributed by atoms with Crippen LogP contribution in [0.2, 0.25) is 0 Å². The van der Waals surface area contributed by atoms with Gasteiger partial charge in [0.15, 0.2) is 5.82 Å². The third-order valence-electron chi connectivity index (χ3n) is 5.11. The van der Waals surface area contributed by atoms with Crippen molar-refractivity contribution in [1.82, 2.24) is 25.5 Å². The summed E-state index contributed by atoms with van der Waals surface area (Å²) in [5.74, 6) is -2.43. The van der Waals surface area contributed by atoms with Crippen LogP contribution >= 0.6 is 11.3 Å². The third kappa shape index (κ3) is 6.01. The monoisotopic (exact) mass is 528 g/mol. The number of nitrogens with one attached hydrogen (secondary N) is 2. The van der Waals surface area contributed by atoms with Crippen molar-refractivity contribution in [2.45, 2.75) is 12.6 Å². The fourth-order valence-corrected chi connectivity index (χ4v) is 4.49. The third-order valence-corrected chi connectivity index (χ3v) is 6.26. The number of hydrogen-bond acceptors (Lipinski definition) is 7. The molecule has 0 saturated carbocycles. The van der Waals surface area contributed by atoms with Gasteiger partial charge < -0.3 is 16.2 Å². The molecular weight excluding hydrogens is 509 g/mol. The predicted octanol–water partition coefficient (Wildman–Crippen LogP) is 4.42. The maximum absolute atomic E-state index is 12.2. The second kappa shape index (κ2) is 10.6. The number of anilines is 1. The minimum absolute atomic E-state index is 0.0883. The lowest BCUT2D eigenvalue weighted by atomic mass is 10.1. The summed E-state index contributed by atoms with van der Waals surface area (Å²) >= 11 is 1.59. The molecule has 2 aromatic carbocycles. The Balaban J connectivity index is 0.000000405. The number of carboxylic acid groups (broad SMARTS) is 1. The van der Waals surface area contributed by atoms with Gasteiger partial charge in [-0.25, -0.2) is 14.8 Å². The van der Waals surface area contributed by atoms with E-state index in [0.717, 1.165) is 31.9 Å². The average molecular weight is 529 g/mol. The Labute approximate surface area is 211 Å². The van der Waals surface area contributed by atoms with E-state index in [9.17, 15) is 18.0 Å². The molecule has 5 aromatic rings. The molecule has 0 spiro atoms. The number of nitrogens with two attached hydrogens (primary N) is 1. The van der Waals surface area contributed by atoms with Crippen LogP contribution in [0.25, 0.3) is 32.4 Å². The van der Waals surface area contributed by atoms with Crippen LogP contribution in [0, 0.1) is 0 Å². The Kier molecular flexibility index (Phi) is 7.34. The summed E-state index contributed by atoms with van der Waals surface area (Å²) in [6.07, 6.45) is -2.73. The number of rotatable bonds is 5. The lowest BCUT2D eigenvalue weighted by Crippen LogP contribution is -2.25. The summed E-state index contributed by atoms with van der Waals surface area (Å²) in [5, 5.41) is 19.0. The van der Waals surface area contributed by atoms with Gasteiger partial charge in [0.25, 0.3) is 5.91 Å². The fourth-order valence-electron chi connectivity index (χ4n) is 3.39. The minimum atomic E-state index is -5.08. The topological polar surface area (TPSA) is 147 Å². The van der Waals surface area contributed by atoms with Crippen LogP contribution in [0.4, 0.5) is 19.0 Å². The molecule has 9 nitrogen and oxygen atoms in total. The number of aromatic nitrogens is 4. The smallest absolute Gasteiger partial charge is 0.475 e. The zero-order chi connectivity index (χ0) is 26.6. The number of pyridine rings is 1. The van der Waals surface area contributed by atoms with Crippen LogP contribution in [0.15, 0.2) is 60.8 Å². The van der Waals surface area contributed by atoms with E-state index in [4.69, 9.17) is 15.6 Å². The van der Waals surface area contributed by atoms with Crippen molar-refractivity contribution in [1.29, 1.82) is 0 Å². The summed E-state index contributed by atoms with van der Waals surface area (Å²) in [4.78, 5) is 30.3. The SMILES string of the molecule is Nc1nc2cc(-c3ccn[nH]3)ccc2c2sc(CCNC(=O)c3ccccc3)nc12.O=C(O)C(F)(F)F. The van der Waals surface area contributed by atoms with Crippen LogP contribution in [0.5, 0.6) is 0 Å². The molecule has 13 heteroatoms. The van der Waals surface area contributed by atoms with Gasteiger partial charge in [0.05, 0.1) is 20.9 Å². The van der Waals surface area contributed by atoms with Crippen molar-refractivity contribution < 1.29 is 27.9 Å². The molecule has 5 rings (SSSR count). The minimum Gasteiger partial charge on any atom is -0.475 e. The summed E-state index contributed by atoms with van der Waals surface area (Å²) in [7, 11) is 0. The molecule has 0 aliphatic rings. The molecule has 3 aromatic heterocycles. The average Bonchev–Trinajstić information content (AvgIpc) is 3.55. The van der Waals surface area contributed by atoms with Crippen molar-refractivity contribution >= 4 is 50.2 Å². The van der Waals surface area contributed by atoms with E-state index in [0.29, 0.717) is 29.9 Å². The van der Waals surface area contributed by atoms with Crippen molar-refractivity contribution in [2.24, 2.45) is 0 Å². The van der Waals surface area contributed by atoms with Crippen molar-refractivity contribution in [3.63, 3.8) is 0 Å². The van der Waals surface area contributed by atoms with E-state index >= 15 is 0 Å². The van der Waals surface area contributed by atoms with Crippen LogP contribution in [0.1, 0.15) is 15.4 Å². The first-order chi connectivity index (χ1) is 17.6. The van der Waals surface area contributed by atoms with Gasteiger partial charge in [-0.05, 0) is 24.3 Å². The molecule has 0 unspecified atom stereocenters. The van der Waals surface area contributed by atoms with Crippen LogP contribution in [-0.4, -0.2) is 49.9 Å². The Hall–Kier alpha value is -4.52. The number of carbonyl (C=O) groups excluding carboxylic acids is 1. The Bertz CT molecular complexity index is 1550. The van der Waals surface area contributed by atoms with Gasteiger partial charge in [-0.3, -0.25) is 9.89 Å². The second-order valence-corrected chi connectivity index (χ2v) is 8.74. The number of carboxylic acids is 1. The van der Waals surface area contributed by atoms with Gasteiger partial charge in [-0.1, -0.05) is 30.3 Å². The second-order valence-electron chi connectivity index (χ2n) is 7.66. The maximum atomic E-state index is 12.2. The van der Waals surface area contributed by atoms with Gasteiger partial charge in [-0.2, -0.15) is 18.3 Å². The predicted molar refractivity (Wildman–Crippen MR) is 133 cm³/mol. The number of H-pyrrole nitrogens is 1. The first-order valence-corrected chi connectivity index (χ1v) is 11.6. The summed E-state index contributed by atoms with van der Waals surface area (Å²) < 4.78 is 32.7. The Morgan fingerprint density at radius 2 is 1.81 bits per heavy atom. The largest absolute Gasteiger partial charge is 0.490 e. The van der Waals surface area contributed by atoms with Gasteiger partial charge in [0, 0.05) is 35.7 Å². The molecular formula is C24H19F3N6O3S. The van der Waals surface area contributed by atoms with Gasteiger partial charge in [-0.15, -0.1) is 11.3 Å². The molecule has 190 valence electrons. The molecule has 3 heterocycles. The first kappa shape index (κ1) is 25.6. The number of amides is 1. The molecule has 0 radical (unpaired) electrons. The van der Waals surface area contributed by atoms with Crippen LogP contribution < -0.4 is 11.1 Å².